The van der Waals surface area contributed by atoms with Crippen LogP contribution in [0.3, 0.4) is 0 Å². The zero-order valence-electron chi connectivity index (χ0n) is 11.2. The fourth-order valence-corrected chi connectivity index (χ4v) is 3.00. The van der Waals surface area contributed by atoms with Gasteiger partial charge in [-0.15, -0.1) is 0 Å². The number of nitrogens with zero attached hydrogens (tertiary/aromatic N) is 1. The highest BCUT2D eigenvalue weighted by atomic mass is 127. The molecule has 4 heteroatoms. The predicted molar refractivity (Wildman–Crippen MR) is 84.3 cm³/mol. The van der Waals surface area contributed by atoms with E-state index in [1.165, 1.54) is 38.5 Å². The Morgan fingerprint density at radius 1 is 1.11 bits per heavy atom. The molecule has 0 atom stereocenters. The van der Waals surface area contributed by atoms with Crippen molar-refractivity contribution < 1.29 is 9.84 Å². The zero-order chi connectivity index (χ0) is 13.5. The molecule has 0 spiro atoms. The lowest BCUT2D eigenvalue weighted by molar-refractivity contribution is 0.183. The number of aromatic nitrogens is 1. The molecule has 0 amide bonds. The van der Waals surface area contributed by atoms with Gasteiger partial charge in [-0.1, -0.05) is 12.8 Å². The van der Waals surface area contributed by atoms with Crippen LogP contribution < -0.4 is 4.74 Å². The Morgan fingerprint density at radius 3 is 2.26 bits per heavy atom. The first-order chi connectivity index (χ1) is 9.25. The van der Waals surface area contributed by atoms with E-state index < -0.39 is 0 Å². The van der Waals surface area contributed by atoms with Crippen molar-refractivity contribution in [3.63, 3.8) is 0 Å². The van der Waals surface area contributed by atoms with Crippen molar-refractivity contribution >= 4 is 22.6 Å². The number of pyridine rings is 1. The minimum atomic E-state index is 0.0463. The number of hydrogen-bond donors (Lipinski definition) is 1. The van der Waals surface area contributed by atoms with Crippen molar-refractivity contribution in [2.24, 2.45) is 0 Å². The summed E-state index contributed by atoms with van der Waals surface area (Å²) in [7, 11) is 0. The molecule has 1 aromatic rings. The summed E-state index contributed by atoms with van der Waals surface area (Å²) in [6, 6.07) is 3.96. The Kier molecular flexibility index (Phi) is 6.37. The van der Waals surface area contributed by atoms with E-state index in [1.54, 1.807) is 6.20 Å². The molecule has 1 heterocycles. The first-order valence-corrected chi connectivity index (χ1v) is 8.29. The van der Waals surface area contributed by atoms with Crippen molar-refractivity contribution in [1.29, 1.82) is 0 Å². The van der Waals surface area contributed by atoms with Gasteiger partial charge in [-0.2, -0.15) is 0 Å². The molecule has 2 saturated carbocycles. The fraction of sp³-hybridized carbons (Fsp3) is 0.667. The molecule has 0 aliphatic heterocycles. The van der Waals surface area contributed by atoms with Gasteiger partial charge in [0.25, 0.3) is 0 Å². The molecule has 2 aliphatic carbocycles. The zero-order valence-corrected chi connectivity index (χ0v) is 13.4. The molecule has 2 fully saturated rings. The van der Waals surface area contributed by atoms with Crippen LogP contribution >= 0.6 is 22.6 Å². The molecule has 0 aromatic carbocycles. The number of ether oxygens (including phenoxy) is 1. The van der Waals surface area contributed by atoms with Crippen LogP contribution in [0.15, 0.2) is 18.3 Å². The molecule has 1 N–H and O–H groups in total. The average Bonchev–Trinajstić information content (AvgIpc) is 3.06. The highest BCUT2D eigenvalue weighted by Crippen LogP contribution is 2.25. The summed E-state index contributed by atoms with van der Waals surface area (Å²) >= 11 is 2.26. The molecular weight excluding hydrogens is 353 g/mol. The first kappa shape index (κ1) is 15.0. The molecule has 3 rings (SSSR count). The van der Waals surface area contributed by atoms with E-state index in [0.29, 0.717) is 6.10 Å². The summed E-state index contributed by atoms with van der Waals surface area (Å²) in [6.07, 6.45) is 11.8. The third-order valence-corrected chi connectivity index (χ3v) is 4.45. The minimum absolute atomic E-state index is 0.0463. The van der Waals surface area contributed by atoms with Crippen molar-refractivity contribution in [2.75, 3.05) is 0 Å². The summed E-state index contributed by atoms with van der Waals surface area (Å²) in [5.41, 5.74) is 0. The van der Waals surface area contributed by atoms with Crippen molar-refractivity contribution in [2.45, 2.75) is 63.6 Å². The lowest BCUT2D eigenvalue weighted by Gasteiger charge is -2.12. The van der Waals surface area contributed by atoms with E-state index in [-0.39, 0.29) is 6.10 Å². The SMILES string of the molecule is Ic1cccnc1OC1CCCC1.OC1CCCC1. The van der Waals surface area contributed by atoms with Gasteiger partial charge in [0, 0.05) is 6.20 Å². The molecule has 0 unspecified atom stereocenters. The Hall–Kier alpha value is -0.360. The Labute approximate surface area is 128 Å². The highest BCUT2D eigenvalue weighted by molar-refractivity contribution is 14.1. The Morgan fingerprint density at radius 2 is 1.74 bits per heavy atom. The Balaban J connectivity index is 0.000000186. The summed E-state index contributed by atoms with van der Waals surface area (Å²) in [6.45, 7) is 0. The first-order valence-electron chi connectivity index (χ1n) is 7.21. The van der Waals surface area contributed by atoms with Gasteiger partial charge in [0.15, 0.2) is 0 Å². The van der Waals surface area contributed by atoms with E-state index in [4.69, 9.17) is 9.84 Å². The van der Waals surface area contributed by atoms with Crippen LogP contribution in [0.5, 0.6) is 5.88 Å². The average molecular weight is 375 g/mol. The van der Waals surface area contributed by atoms with E-state index >= 15 is 0 Å². The third-order valence-electron chi connectivity index (χ3n) is 3.63. The molecule has 2 aliphatic rings. The van der Waals surface area contributed by atoms with Gasteiger partial charge in [-0.3, -0.25) is 0 Å². The van der Waals surface area contributed by atoms with Gasteiger partial charge in [-0.25, -0.2) is 4.98 Å². The van der Waals surface area contributed by atoms with Gasteiger partial charge in [0.05, 0.1) is 9.67 Å². The fourth-order valence-electron chi connectivity index (χ4n) is 2.53. The van der Waals surface area contributed by atoms with Crippen molar-refractivity contribution in [3.8, 4) is 5.88 Å². The third kappa shape index (κ3) is 5.26. The summed E-state index contributed by atoms with van der Waals surface area (Å²) in [5, 5.41) is 8.73. The van der Waals surface area contributed by atoms with E-state index in [2.05, 4.69) is 27.6 Å². The molecule has 0 bridgehead atoms. The number of aliphatic hydroxyl groups is 1. The van der Waals surface area contributed by atoms with Crippen LogP contribution in [-0.2, 0) is 0 Å². The molecule has 0 saturated heterocycles. The second-order valence-electron chi connectivity index (χ2n) is 5.25. The van der Waals surface area contributed by atoms with Crippen molar-refractivity contribution in [3.05, 3.63) is 21.9 Å². The number of hydrogen-bond acceptors (Lipinski definition) is 3. The van der Waals surface area contributed by atoms with E-state index in [9.17, 15) is 0 Å². The number of halogens is 1. The van der Waals surface area contributed by atoms with Crippen LogP contribution in [0.4, 0.5) is 0 Å². The lowest BCUT2D eigenvalue weighted by Crippen LogP contribution is -2.12. The summed E-state index contributed by atoms with van der Waals surface area (Å²) in [4.78, 5) is 4.21. The van der Waals surface area contributed by atoms with E-state index in [0.717, 1.165) is 22.3 Å². The maximum Gasteiger partial charge on any atom is 0.227 e. The molecule has 0 radical (unpaired) electrons. The quantitative estimate of drug-likeness (QED) is 0.797. The smallest absolute Gasteiger partial charge is 0.227 e. The maximum atomic E-state index is 8.73. The van der Waals surface area contributed by atoms with Crippen LogP contribution in [-0.4, -0.2) is 22.3 Å². The van der Waals surface area contributed by atoms with Gasteiger partial charge in [-0.05, 0) is 73.2 Å². The predicted octanol–water partition coefficient (Wildman–Crippen LogP) is 3.93. The maximum absolute atomic E-state index is 8.73. The standard InChI is InChI=1S/C10H12INO.C5H10O/c11-9-6-3-7-12-10(9)13-8-4-1-2-5-8;6-5-3-1-2-4-5/h3,6-8H,1-2,4-5H2;5-6H,1-4H2. The Bertz CT molecular complexity index is 374. The number of rotatable bonds is 2. The molecule has 3 nitrogen and oxygen atoms in total. The monoisotopic (exact) mass is 375 g/mol. The van der Waals surface area contributed by atoms with Gasteiger partial charge < -0.3 is 9.84 Å². The highest BCUT2D eigenvalue weighted by Gasteiger charge is 2.17. The molecule has 106 valence electrons. The topological polar surface area (TPSA) is 42.4 Å². The number of aliphatic hydroxyl groups excluding tert-OH is 1. The largest absolute Gasteiger partial charge is 0.474 e. The normalized spacial score (nSPS) is 20.1. The summed E-state index contributed by atoms with van der Waals surface area (Å²) in [5.74, 6) is 0.801. The van der Waals surface area contributed by atoms with Crippen LogP contribution in [0.2, 0.25) is 0 Å². The van der Waals surface area contributed by atoms with Gasteiger partial charge >= 0.3 is 0 Å². The molecule has 1 aromatic heterocycles. The second-order valence-corrected chi connectivity index (χ2v) is 6.42. The second kappa shape index (κ2) is 8.04. The minimum Gasteiger partial charge on any atom is -0.474 e. The van der Waals surface area contributed by atoms with E-state index in [1.807, 2.05) is 12.1 Å². The van der Waals surface area contributed by atoms with Gasteiger partial charge in [0.1, 0.15) is 6.10 Å². The van der Waals surface area contributed by atoms with Crippen molar-refractivity contribution in [1.82, 2.24) is 4.98 Å². The van der Waals surface area contributed by atoms with Crippen LogP contribution in [0, 0.1) is 3.57 Å². The summed E-state index contributed by atoms with van der Waals surface area (Å²) < 4.78 is 6.89. The van der Waals surface area contributed by atoms with Crippen LogP contribution in [0.25, 0.3) is 0 Å². The molecule has 19 heavy (non-hydrogen) atoms. The molecular formula is C15H22INO2. The van der Waals surface area contributed by atoms with Crippen LogP contribution in [0.1, 0.15) is 51.4 Å². The lowest BCUT2D eigenvalue weighted by atomic mass is 10.3. The van der Waals surface area contributed by atoms with Gasteiger partial charge in [0.2, 0.25) is 5.88 Å².